The van der Waals surface area contributed by atoms with E-state index >= 15 is 0 Å². The SMILES string of the molecule is CCc1csc(N2CCC(NC(=O)OC(C)(C)C)(C(=O)O)C2)n1. The lowest BCUT2D eigenvalue weighted by Crippen LogP contribution is -2.57. The number of alkyl carbamates (subject to hydrolysis) is 1. The van der Waals surface area contributed by atoms with E-state index in [1.165, 1.54) is 11.3 Å². The Kier molecular flexibility index (Phi) is 4.84. The summed E-state index contributed by atoms with van der Waals surface area (Å²) in [5.41, 5.74) is -1.04. The molecule has 1 aliphatic rings. The number of aliphatic carboxylic acids is 1. The molecule has 7 nitrogen and oxygen atoms in total. The van der Waals surface area contributed by atoms with E-state index in [4.69, 9.17) is 4.74 Å². The van der Waals surface area contributed by atoms with Crippen molar-refractivity contribution in [1.29, 1.82) is 0 Å². The summed E-state index contributed by atoms with van der Waals surface area (Å²) < 4.78 is 5.19. The number of aryl methyl sites for hydroxylation is 1. The smallest absolute Gasteiger partial charge is 0.408 e. The van der Waals surface area contributed by atoms with Crippen LogP contribution in [0.1, 0.15) is 39.8 Å². The van der Waals surface area contributed by atoms with Gasteiger partial charge in [-0.25, -0.2) is 14.6 Å². The van der Waals surface area contributed by atoms with E-state index < -0.39 is 23.2 Å². The van der Waals surface area contributed by atoms with Gasteiger partial charge in [0.15, 0.2) is 10.7 Å². The molecular formula is C15H23N3O4S. The Morgan fingerprint density at radius 2 is 2.22 bits per heavy atom. The number of aromatic nitrogens is 1. The van der Waals surface area contributed by atoms with Crippen LogP contribution >= 0.6 is 11.3 Å². The van der Waals surface area contributed by atoms with Crippen molar-refractivity contribution in [2.24, 2.45) is 0 Å². The second kappa shape index (κ2) is 6.35. The van der Waals surface area contributed by atoms with E-state index in [-0.39, 0.29) is 6.54 Å². The van der Waals surface area contributed by atoms with Crippen molar-refractivity contribution in [3.8, 4) is 0 Å². The number of carbonyl (C=O) groups excluding carboxylic acids is 1. The molecule has 1 aliphatic heterocycles. The maximum atomic E-state index is 12.0. The first-order chi connectivity index (χ1) is 10.6. The number of carboxylic acids is 1. The standard InChI is InChI=1S/C15H23N3O4S/c1-5-10-8-23-12(16-10)18-7-6-15(9-18,11(19)20)17-13(21)22-14(2,3)4/h8H,5-7,9H2,1-4H3,(H,17,21)(H,19,20). The first kappa shape index (κ1) is 17.5. The van der Waals surface area contributed by atoms with Gasteiger partial charge in [-0.15, -0.1) is 11.3 Å². The predicted octanol–water partition coefficient (Wildman–Crippen LogP) is 2.26. The Morgan fingerprint density at radius 1 is 1.52 bits per heavy atom. The summed E-state index contributed by atoms with van der Waals surface area (Å²) in [7, 11) is 0. The van der Waals surface area contributed by atoms with Crippen molar-refractivity contribution in [3.63, 3.8) is 0 Å². The summed E-state index contributed by atoms with van der Waals surface area (Å²) in [6.45, 7) is 7.94. The number of hydrogen-bond acceptors (Lipinski definition) is 6. The summed E-state index contributed by atoms with van der Waals surface area (Å²) in [6.07, 6.45) is 0.433. The van der Waals surface area contributed by atoms with Crippen LogP contribution in [0.15, 0.2) is 5.38 Å². The molecule has 1 fully saturated rings. The van der Waals surface area contributed by atoms with Gasteiger partial charge in [0, 0.05) is 18.3 Å². The molecule has 0 spiro atoms. The Hall–Kier alpha value is -1.83. The van der Waals surface area contributed by atoms with E-state index in [1.807, 2.05) is 17.2 Å². The van der Waals surface area contributed by atoms with E-state index in [1.54, 1.807) is 20.8 Å². The molecule has 0 radical (unpaired) electrons. The third-order valence-corrected chi connectivity index (χ3v) is 4.54. The third-order valence-electron chi connectivity index (χ3n) is 3.59. The number of nitrogens with zero attached hydrogens (tertiary/aromatic N) is 2. The fraction of sp³-hybridized carbons (Fsp3) is 0.667. The fourth-order valence-electron chi connectivity index (χ4n) is 2.41. The van der Waals surface area contributed by atoms with E-state index in [0.717, 1.165) is 17.2 Å². The van der Waals surface area contributed by atoms with Gasteiger partial charge >= 0.3 is 12.1 Å². The summed E-state index contributed by atoms with van der Waals surface area (Å²) in [6, 6.07) is 0. The zero-order valence-corrected chi connectivity index (χ0v) is 14.7. The molecule has 8 heteroatoms. The summed E-state index contributed by atoms with van der Waals surface area (Å²) >= 11 is 1.49. The highest BCUT2D eigenvalue weighted by molar-refractivity contribution is 7.13. The maximum absolute atomic E-state index is 12.0. The molecular weight excluding hydrogens is 318 g/mol. The second-order valence-electron chi connectivity index (χ2n) is 6.66. The van der Waals surface area contributed by atoms with Crippen LogP contribution in [-0.2, 0) is 16.0 Å². The molecule has 0 aliphatic carbocycles. The third kappa shape index (κ3) is 4.13. The zero-order chi connectivity index (χ0) is 17.3. The maximum Gasteiger partial charge on any atom is 0.408 e. The molecule has 1 atom stereocenters. The molecule has 0 aromatic carbocycles. The van der Waals surface area contributed by atoms with Crippen LogP contribution < -0.4 is 10.2 Å². The number of anilines is 1. The van der Waals surface area contributed by atoms with Gasteiger partial charge in [-0.2, -0.15) is 0 Å². The normalized spacial score (nSPS) is 21.3. The molecule has 23 heavy (non-hydrogen) atoms. The van der Waals surface area contributed by atoms with Crippen LogP contribution in [0, 0.1) is 0 Å². The average molecular weight is 341 g/mol. The molecule has 1 aromatic rings. The largest absolute Gasteiger partial charge is 0.479 e. The minimum absolute atomic E-state index is 0.179. The highest BCUT2D eigenvalue weighted by atomic mass is 32.1. The van der Waals surface area contributed by atoms with E-state index in [2.05, 4.69) is 10.3 Å². The molecule has 1 saturated heterocycles. The van der Waals surface area contributed by atoms with Crippen LogP contribution in [0.3, 0.4) is 0 Å². The van der Waals surface area contributed by atoms with Crippen LogP contribution in [0.5, 0.6) is 0 Å². The molecule has 1 unspecified atom stereocenters. The number of thiazole rings is 1. The van der Waals surface area contributed by atoms with Crippen molar-refractivity contribution in [3.05, 3.63) is 11.1 Å². The Balaban J connectivity index is 2.10. The number of amides is 1. The van der Waals surface area contributed by atoms with Crippen molar-refractivity contribution in [1.82, 2.24) is 10.3 Å². The van der Waals surface area contributed by atoms with Crippen LogP contribution in [0.2, 0.25) is 0 Å². The molecule has 2 N–H and O–H groups in total. The van der Waals surface area contributed by atoms with E-state index in [9.17, 15) is 14.7 Å². The van der Waals surface area contributed by atoms with Crippen LogP contribution in [-0.4, -0.2) is 46.4 Å². The lowest BCUT2D eigenvalue weighted by molar-refractivity contribution is -0.143. The highest BCUT2D eigenvalue weighted by Gasteiger charge is 2.47. The van der Waals surface area contributed by atoms with E-state index in [0.29, 0.717) is 13.0 Å². The minimum Gasteiger partial charge on any atom is -0.479 e. The van der Waals surface area contributed by atoms with Gasteiger partial charge in [-0.3, -0.25) is 0 Å². The first-order valence-electron chi connectivity index (χ1n) is 7.59. The monoisotopic (exact) mass is 341 g/mol. The molecule has 1 amide bonds. The zero-order valence-electron chi connectivity index (χ0n) is 13.9. The number of hydrogen-bond donors (Lipinski definition) is 2. The molecule has 0 saturated carbocycles. The number of rotatable bonds is 4. The lowest BCUT2D eigenvalue weighted by Gasteiger charge is -2.28. The summed E-state index contributed by atoms with van der Waals surface area (Å²) in [4.78, 5) is 30.1. The van der Waals surface area contributed by atoms with Gasteiger partial charge in [0.2, 0.25) is 0 Å². The lowest BCUT2D eigenvalue weighted by atomic mass is 9.99. The Labute approximate surface area is 139 Å². The number of carbonyl (C=O) groups is 2. The number of ether oxygens (including phenoxy) is 1. The van der Waals surface area contributed by atoms with Crippen molar-refractivity contribution in [2.45, 2.75) is 51.7 Å². The van der Waals surface area contributed by atoms with Crippen molar-refractivity contribution in [2.75, 3.05) is 18.0 Å². The molecule has 0 bridgehead atoms. The van der Waals surface area contributed by atoms with Crippen LogP contribution in [0.25, 0.3) is 0 Å². The summed E-state index contributed by atoms with van der Waals surface area (Å²) in [5.74, 6) is -1.06. The Bertz CT molecular complexity index is 596. The van der Waals surface area contributed by atoms with Crippen molar-refractivity contribution >= 4 is 28.5 Å². The number of carboxylic acid groups (broad SMARTS) is 1. The topological polar surface area (TPSA) is 91.8 Å². The van der Waals surface area contributed by atoms with Gasteiger partial charge in [0.1, 0.15) is 5.60 Å². The molecule has 2 heterocycles. The quantitative estimate of drug-likeness (QED) is 0.873. The minimum atomic E-state index is -1.35. The van der Waals surface area contributed by atoms with Crippen LogP contribution in [0.4, 0.5) is 9.93 Å². The molecule has 2 rings (SSSR count). The predicted molar refractivity (Wildman–Crippen MR) is 88.1 cm³/mol. The fourth-order valence-corrected chi connectivity index (χ4v) is 3.34. The average Bonchev–Trinajstić information content (AvgIpc) is 3.02. The molecule has 1 aromatic heterocycles. The van der Waals surface area contributed by atoms with Gasteiger partial charge in [0.05, 0.1) is 12.2 Å². The first-order valence-corrected chi connectivity index (χ1v) is 8.47. The summed E-state index contributed by atoms with van der Waals surface area (Å²) in [5, 5.41) is 14.9. The van der Waals surface area contributed by atoms with Gasteiger partial charge in [0.25, 0.3) is 0 Å². The number of nitrogens with one attached hydrogen (secondary N) is 1. The van der Waals surface area contributed by atoms with Gasteiger partial charge < -0.3 is 20.1 Å². The Morgan fingerprint density at radius 3 is 2.74 bits per heavy atom. The van der Waals surface area contributed by atoms with Crippen molar-refractivity contribution < 1.29 is 19.4 Å². The second-order valence-corrected chi connectivity index (χ2v) is 7.50. The molecule has 128 valence electrons. The van der Waals surface area contributed by atoms with Gasteiger partial charge in [-0.05, 0) is 27.2 Å². The van der Waals surface area contributed by atoms with Gasteiger partial charge in [-0.1, -0.05) is 6.92 Å². The highest BCUT2D eigenvalue weighted by Crippen LogP contribution is 2.30.